The summed E-state index contributed by atoms with van der Waals surface area (Å²) in [5.41, 5.74) is 3.38. The first-order valence-electron chi connectivity index (χ1n) is 5.72. The van der Waals surface area contributed by atoms with Crippen LogP contribution in [0.25, 0.3) is 0 Å². The molecule has 2 rings (SSSR count). The fraction of sp³-hybridized carbons (Fsp3) is 0.500. The second-order valence-corrected chi connectivity index (χ2v) is 4.31. The molecule has 0 saturated heterocycles. The number of amides is 1. The van der Waals surface area contributed by atoms with Crippen molar-refractivity contribution in [3.63, 3.8) is 0 Å². The van der Waals surface area contributed by atoms with Gasteiger partial charge in [0.2, 0.25) is 5.91 Å². The fourth-order valence-electron chi connectivity index (χ4n) is 2.39. The van der Waals surface area contributed by atoms with E-state index in [1.807, 2.05) is 18.3 Å². The molecular weight excluding hydrogens is 202 g/mol. The maximum atomic E-state index is 11.4. The van der Waals surface area contributed by atoms with Crippen molar-refractivity contribution in [3.8, 4) is 0 Å². The highest BCUT2D eigenvalue weighted by Gasteiger charge is 2.26. The highest BCUT2D eigenvalue weighted by atomic mass is 16.2. The van der Waals surface area contributed by atoms with Gasteiger partial charge in [-0.2, -0.15) is 0 Å². The summed E-state index contributed by atoms with van der Waals surface area (Å²) in [6, 6.07) is 6.01. The number of pyridine rings is 1. The van der Waals surface area contributed by atoms with Gasteiger partial charge in [0.25, 0.3) is 0 Å². The molecule has 0 bridgehead atoms. The van der Waals surface area contributed by atoms with E-state index < -0.39 is 0 Å². The molecule has 4 heteroatoms. The van der Waals surface area contributed by atoms with Gasteiger partial charge < -0.3 is 0 Å². The molecule has 1 aromatic heterocycles. The number of aromatic nitrogens is 1. The van der Waals surface area contributed by atoms with Crippen molar-refractivity contribution in [2.24, 2.45) is 11.8 Å². The third kappa shape index (κ3) is 2.39. The van der Waals surface area contributed by atoms with Gasteiger partial charge in [-0.15, -0.1) is 0 Å². The van der Waals surface area contributed by atoms with E-state index in [9.17, 15) is 4.79 Å². The van der Waals surface area contributed by atoms with Crippen LogP contribution in [0.3, 0.4) is 0 Å². The van der Waals surface area contributed by atoms with E-state index >= 15 is 0 Å². The third-order valence-corrected chi connectivity index (χ3v) is 3.35. The molecule has 0 aromatic carbocycles. The standard InChI is InChI=1S/C12H17N3O/c13-15-12(16)10-6-4-9(5-7-10)11-3-1-2-8-14-11/h1-3,8-10H,4-7,13H2,(H,15,16). The summed E-state index contributed by atoms with van der Waals surface area (Å²) in [6.07, 6.45) is 5.69. The highest BCUT2D eigenvalue weighted by Crippen LogP contribution is 2.34. The summed E-state index contributed by atoms with van der Waals surface area (Å²) >= 11 is 0. The Morgan fingerprint density at radius 1 is 1.31 bits per heavy atom. The Morgan fingerprint density at radius 2 is 2.06 bits per heavy atom. The summed E-state index contributed by atoms with van der Waals surface area (Å²) in [6.45, 7) is 0. The van der Waals surface area contributed by atoms with Crippen molar-refractivity contribution in [1.29, 1.82) is 0 Å². The minimum absolute atomic E-state index is 0.0283. The molecule has 1 saturated carbocycles. The van der Waals surface area contributed by atoms with Crippen molar-refractivity contribution in [3.05, 3.63) is 30.1 Å². The molecule has 1 fully saturated rings. The van der Waals surface area contributed by atoms with Crippen molar-refractivity contribution < 1.29 is 4.79 Å². The van der Waals surface area contributed by atoms with Crippen LogP contribution in [0.4, 0.5) is 0 Å². The first-order valence-corrected chi connectivity index (χ1v) is 5.72. The maximum absolute atomic E-state index is 11.4. The fourth-order valence-corrected chi connectivity index (χ4v) is 2.39. The van der Waals surface area contributed by atoms with Crippen LogP contribution in [0.1, 0.15) is 37.3 Å². The van der Waals surface area contributed by atoms with Crippen LogP contribution < -0.4 is 11.3 Å². The minimum atomic E-state index is -0.0283. The van der Waals surface area contributed by atoms with E-state index in [2.05, 4.69) is 16.5 Å². The summed E-state index contributed by atoms with van der Waals surface area (Å²) < 4.78 is 0. The normalized spacial score (nSPS) is 25.1. The second-order valence-electron chi connectivity index (χ2n) is 4.31. The largest absolute Gasteiger partial charge is 0.294 e. The second kappa shape index (κ2) is 5.07. The number of carbonyl (C=O) groups is 1. The minimum Gasteiger partial charge on any atom is -0.294 e. The van der Waals surface area contributed by atoms with Crippen molar-refractivity contribution in [2.75, 3.05) is 0 Å². The first kappa shape index (κ1) is 11.1. The maximum Gasteiger partial charge on any atom is 0.236 e. The first-order chi connectivity index (χ1) is 7.81. The van der Waals surface area contributed by atoms with Gasteiger partial charge in [0.15, 0.2) is 0 Å². The molecule has 0 spiro atoms. The molecule has 1 aliphatic carbocycles. The predicted molar refractivity (Wildman–Crippen MR) is 61.3 cm³/mol. The van der Waals surface area contributed by atoms with E-state index in [4.69, 9.17) is 5.84 Å². The molecule has 0 atom stereocenters. The average molecular weight is 219 g/mol. The van der Waals surface area contributed by atoms with Crippen LogP contribution in [0.2, 0.25) is 0 Å². The summed E-state index contributed by atoms with van der Waals surface area (Å²) in [7, 11) is 0. The van der Waals surface area contributed by atoms with E-state index in [1.54, 1.807) is 0 Å². The molecule has 1 aromatic rings. The van der Waals surface area contributed by atoms with Crippen LogP contribution in [-0.2, 0) is 4.79 Å². The Bertz CT molecular complexity index is 345. The number of nitrogens with one attached hydrogen (secondary N) is 1. The molecule has 0 unspecified atom stereocenters. The van der Waals surface area contributed by atoms with Gasteiger partial charge >= 0.3 is 0 Å². The van der Waals surface area contributed by atoms with E-state index in [-0.39, 0.29) is 11.8 Å². The topological polar surface area (TPSA) is 68.0 Å². The number of hydrogen-bond donors (Lipinski definition) is 2. The molecule has 0 radical (unpaired) electrons. The van der Waals surface area contributed by atoms with E-state index in [0.29, 0.717) is 5.92 Å². The van der Waals surface area contributed by atoms with Gasteiger partial charge in [-0.05, 0) is 37.8 Å². The Labute approximate surface area is 95.2 Å². The Morgan fingerprint density at radius 3 is 2.62 bits per heavy atom. The Balaban J connectivity index is 1.93. The van der Waals surface area contributed by atoms with Gasteiger partial charge in [0.1, 0.15) is 0 Å². The average Bonchev–Trinajstić information content (AvgIpc) is 2.39. The summed E-state index contributed by atoms with van der Waals surface area (Å²) in [4.78, 5) is 15.7. The summed E-state index contributed by atoms with van der Waals surface area (Å²) in [5.74, 6) is 5.70. The molecule has 0 aliphatic heterocycles. The number of nitrogens with two attached hydrogens (primary N) is 1. The molecule has 1 heterocycles. The SMILES string of the molecule is NNC(=O)C1CCC(c2ccccn2)CC1. The van der Waals surface area contributed by atoms with Gasteiger partial charge in [-0.3, -0.25) is 15.2 Å². The zero-order chi connectivity index (χ0) is 11.4. The van der Waals surface area contributed by atoms with Crippen LogP contribution in [0.5, 0.6) is 0 Å². The van der Waals surface area contributed by atoms with Crippen molar-refractivity contribution in [1.82, 2.24) is 10.4 Å². The molecule has 4 nitrogen and oxygen atoms in total. The molecule has 1 amide bonds. The lowest BCUT2D eigenvalue weighted by molar-refractivity contribution is -0.126. The van der Waals surface area contributed by atoms with Crippen LogP contribution in [0.15, 0.2) is 24.4 Å². The van der Waals surface area contributed by atoms with Crippen LogP contribution in [-0.4, -0.2) is 10.9 Å². The lowest BCUT2D eigenvalue weighted by Gasteiger charge is -2.26. The van der Waals surface area contributed by atoms with E-state index in [1.165, 1.54) is 0 Å². The number of nitrogens with zero attached hydrogens (tertiary/aromatic N) is 1. The zero-order valence-electron chi connectivity index (χ0n) is 9.23. The quantitative estimate of drug-likeness (QED) is 0.448. The molecule has 1 aliphatic rings. The highest BCUT2D eigenvalue weighted by molar-refractivity contribution is 5.78. The predicted octanol–water partition coefficient (Wildman–Crippen LogP) is 1.35. The third-order valence-electron chi connectivity index (χ3n) is 3.35. The number of rotatable bonds is 2. The number of carbonyl (C=O) groups excluding carboxylic acids is 1. The van der Waals surface area contributed by atoms with Gasteiger partial charge in [-0.25, -0.2) is 5.84 Å². The zero-order valence-corrected chi connectivity index (χ0v) is 9.23. The number of hydrazine groups is 1. The van der Waals surface area contributed by atoms with Gasteiger partial charge in [-0.1, -0.05) is 6.07 Å². The van der Waals surface area contributed by atoms with Crippen molar-refractivity contribution >= 4 is 5.91 Å². The monoisotopic (exact) mass is 219 g/mol. The smallest absolute Gasteiger partial charge is 0.236 e. The Kier molecular flexibility index (Phi) is 3.51. The lowest BCUT2D eigenvalue weighted by atomic mass is 9.80. The van der Waals surface area contributed by atoms with E-state index in [0.717, 1.165) is 31.4 Å². The molecule has 16 heavy (non-hydrogen) atoms. The Hall–Kier alpha value is -1.42. The molecule has 86 valence electrons. The van der Waals surface area contributed by atoms with Crippen LogP contribution >= 0.6 is 0 Å². The molecular formula is C12H17N3O. The number of hydrogen-bond acceptors (Lipinski definition) is 3. The summed E-state index contributed by atoms with van der Waals surface area (Å²) in [5, 5.41) is 0. The lowest BCUT2D eigenvalue weighted by Crippen LogP contribution is -2.37. The van der Waals surface area contributed by atoms with Crippen LogP contribution in [0, 0.1) is 5.92 Å². The molecule has 3 N–H and O–H groups in total. The van der Waals surface area contributed by atoms with Crippen molar-refractivity contribution in [2.45, 2.75) is 31.6 Å². The van der Waals surface area contributed by atoms with Gasteiger partial charge in [0.05, 0.1) is 0 Å². The van der Waals surface area contributed by atoms with Gasteiger partial charge in [0, 0.05) is 23.7 Å².